The van der Waals surface area contributed by atoms with E-state index in [1.807, 2.05) is 55.1 Å². The van der Waals surface area contributed by atoms with Crippen LogP contribution < -0.4 is 27.0 Å². The molecule has 0 aliphatic carbocycles. The van der Waals surface area contributed by atoms with Crippen LogP contribution in [0.3, 0.4) is 0 Å². The Kier molecular flexibility index (Phi) is 13.7. The normalized spacial score (nSPS) is 20.2. The van der Waals surface area contributed by atoms with Gasteiger partial charge in [0.15, 0.2) is 0 Å². The molecule has 66 heavy (non-hydrogen) atoms. The number of hydrogen-bond acceptors (Lipinski definition) is 8. The lowest BCUT2D eigenvalue weighted by Crippen LogP contribution is -2.43. The fourth-order valence-corrected chi connectivity index (χ4v) is 10.5. The van der Waals surface area contributed by atoms with Crippen LogP contribution in [0.1, 0.15) is 122 Å². The number of rotatable bonds is 12. The van der Waals surface area contributed by atoms with Gasteiger partial charge >= 0.3 is 5.69 Å². The lowest BCUT2D eigenvalue weighted by molar-refractivity contribution is -0.136. The van der Waals surface area contributed by atoms with Crippen molar-refractivity contribution in [3.8, 4) is 11.8 Å². The number of H-pyrrole nitrogens is 1. The summed E-state index contributed by atoms with van der Waals surface area (Å²) < 4.78 is 1.46. The molecule has 0 radical (unpaired) electrons. The van der Waals surface area contributed by atoms with Gasteiger partial charge in [-0.15, -0.1) is 0 Å². The van der Waals surface area contributed by atoms with Gasteiger partial charge in [-0.2, -0.15) is 0 Å². The summed E-state index contributed by atoms with van der Waals surface area (Å²) in [5.74, 6) is 7.15. The third kappa shape index (κ3) is 10.1. The number of benzene rings is 4. The number of piperidine rings is 3. The van der Waals surface area contributed by atoms with Crippen LogP contribution in [-0.2, 0) is 14.4 Å². The maximum absolute atomic E-state index is 13.6. The second-order valence-corrected chi connectivity index (χ2v) is 18.8. The van der Waals surface area contributed by atoms with Crippen LogP contribution in [0.15, 0.2) is 77.6 Å². The molecule has 3 atom stereocenters. The van der Waals surface area contributed by atoms with Crippen LogP contribution in [0.25, 0.3) is 21.8 Å². The minimum absolute atomic E-state index is 0.0781. The minimum Gasteiger partial charge on any atom is -0.381 e. The fourth-order valence-electron chi connectivity index (χ4n) is 10.5. The van der Waals surface area contributed by atoms with Crippen LogP contribution in [0.2, 0.25) is 0 Å². The Morgan fingerprint density at radius 1 is 0.864 bits per heavy atom. The molecule has 4 fully saturated rings. The third-order valence-corrected chi connectivity index (χ3v) is 14.4. The summed E-state index contributed by atoms with van der Waals surface area (Å²) in [6.07, 6.45) is 7.79. The van der Waals surface area contributed by atoms with Crippen LogP contribution >= 0.6 is 0 Å². The van der Waals surface area contributed by atoms with Gasteiger partial charge in [-0.1, -0.05) is 54.3 Å². The summed E-state index contributed by atoms with van der Waals surface area (Å²) in [7, 11) is 0. The number of nitrogens with one attached hydrogen (secondary N) is 5. The number of likely N-dealkylation sites (tertiary alicyclic amines) is 2. The van der Waals surface area contributed by atoms with E-state index in [1.165, 1.54) is 4.57 Å². The number of aromatic nitrogens is 2. The van der Waals surface area contributed by atoms with Gasteiger partial charge in [0.25, 0.3) is 5.91 Å². The summed E-state index contributed by atoms with van der Waals surface area (Å²) in [6.45, 7) is 10.4. The largest absolute Gasteiger partial charge is 0.381 e. The first-order chi connectivity index (χ1) is 32.1. The van der Waals surface area contributed by atoms with Gasteiger partial charge < -0.3 is 30.7 Å². The number of imide groups is 1. The van der Waals surface area contributed by atoms with Crippen molar-refractivity contribution in [1.82, 2.24) is 35.3 Å². The molecule has 0 saturated carbocycles. The van der Waals surface area contributed by atoms with E-state index in [1.54, 1.807) is 0 Å². The van der Waals surface area contributed by atoms with E-state index >= 15 is 0 Å². The second-order valence-electron chi connectivity index (χ2n) is 18.8. The maximum atomic E-state index is 13.6. The lowest BCUT2D eigenvalue weighted by atomic mass is 9.89. The van der Waals surface area contributed by atoms with Crippen LogP contribution in [0.4, 0.5) is 5.69 Å². The number of hydrogen-bond donors (Lipinski definition) is 5. The second kappa shape index (κ2) is 20.1. The molecule has 1 aromatic heterocycles. The standard InChI is InChI=1S/C53H62N8O5/c1-34-10-15-40(56-41-20-25-54-33-41)32-45(34)51(64)55-35(2)42-16-13-38(43-7-3-4-8-44(42)43)12-11-36-21-27-59(28-22-36)26-6-5-9-50(63)60-29-23-37(24-30-60)39-14-17-47-46(31-39)57-53(66)61(47)48-18-19-49(62)58-52(48)65/h3-4,7-8,10,13-17,31-32,35-37,41,48,54,56H,5-6,9,18-30,33H2,1-2H3,(H,55,64)(H,57,66)(H,58,62,65)/t35?,41-,48?/m0/s1. The van der Waals surface area contributed by atoms with Crippen molar-refractivity contribution in [2.45, 2.75) is 102 Å². The number of amides is 4. The lowest BCUT2D eigenvalue weighted by Gasteiger charge is -2.32. The molecular formula is C53H62N8O5. The first kappa shape index (κ1) is 44.9. The van der Waals surface area contributed by atoms with Crippen molar-refractivity contribution < 1.29 is 19.2 Å². The fraction of sp³-hybridized carbons (Fsp3) is 0.453. The molecule has 4 aromatic carbocycles. The molecule has 9 rings (SSSR count). The number of carbonyl (C=O) groups is 4. The predicted octanol–water partition coefficient (Wildman–Crippen LogP) is 6.67. The molecule has 13 heteroatoms. The number of imidazole rings is 1. The SMILES string of the molecule is Cc1ccc(N[C@H]2CCNC2)cc1C(=O)NC(C)c1ccc(C#CC2CCN(CCCCC(=O)N3CCC(c4ccc5c(c4)[nH]c(=O)n5C4CCC(=O)NC4=O)CC3)CC2)c2ccccc12. The molecule has 4 amide bonds. The van der Waals surface area contributed by atoms with Crippen molar-refractivity contribution in [2.24, 2.45) is 5.92 Å². The Morgan fingerprint density at radius 2 is 1.67 bits per heavy atom. The highest BCUT2D eigenvalue weighted by molar-refractivity contribution is 6.00. The predicted molar refractivity (Wildman–Crippen MR) is 258 cm³/mol. The van der Waals surface area contributed by atoms with E-state index in [0.29, 0.717) is 54.5 Å². The third-order valence-electron chi connectivity index (χ3n) is 14.4. The van der Waals surface area contributed by atoms with Gasteiger partial charge in [0.1, 0.15) is 6.04 Å². The van der Waals surface area contributed by atoms with E-state index in [4.69, 9.17) is 0 Å². The highest BCUT2D eigenvalue weighted by Gasteiger charge is 2.31. The highest BCUT2D eigenvalue weighted by atomic mass is 16.2. The number of anilines is 1. The average Bonchev–Trinajstić information content (AvgIpc) is 3.97. The molecule has 5 aromatic rings. The van der Waals surface area contributed by atoms with Crippen molar-refractivity contribution >= 4 is 51.1 Å². The Hall–Kier alpha value is -6.23. The van der Waals surface area contributed by atoms with Gasteiger partial charge in [0, 0.05) is 61.2 Å². The van der Waals surface area contributed by atoms with Crippen LogP contribution in [0.5, 0.6) is 0 Å². The molecule has 4 saturated heterocycles. The molecule has 5 N–H and O–H groups in total. The zero-order chi connectivity index (χ0) is 45.7. The summed E-state index contributed by atoms with van der Waals surface area (Å²) in [5, 5.41) is 14.8. The Bertz CT molecular complexity index is 2740. The first-order valence-corrected chi connectivity index (χ1v) is 24.1. The summed E-state index contributed by atoms with van der Waals surface area (Å²) in [5.41, 5.74) is 6.80. The van der Waals surface area contributed by atoms with Gasteiger partial charge in [-0.25, -0.2) is 4.79 Å². The number of fused-ring (bicyclic) bond motifs is 2. The molecule has 0 bridgehead atoms. The number of aryl methyl sites for hydroxylation is 1. The van der Waals surface area contributed by atoms with Crippen molar-refractivity contribution in [3.05, 3.63) is 111 Å². The smallest absolute Gasteiger partial charge is 0.327 e. The minimum atomic E-state index is -0.707. The van der Waals surface area contributed by atoms with Gasteiger partial charge in [-0.3, -0.25) is 29.1 Å². The topological polar surface area (TPSA) is 161 Å². The Morgan fingerprint density at radius 3 is 2.44 bits per heavy atom. The van der Waals surface area contributed by atoms with E-state index in [2.05, 4.69) is 79.4 Å². The molecule has 5 heterocycles. The van der Waals surface area contributed by atoms with Crippen LogP contribution in [0, 0.1) is 24.7 Å². The monoisotopic (exact) mass is 890 g/mol. The zero-order valence-electron chi connectivity index (χ0n) is 38.2. The molecule has 4 aliphatic heterocycles. The van der Waals surface area contributed by atoms with E-state index in [0.717, 1.165) is 116 Å². The molecule has 0 spiro atoms. The first-order valence-electron chi connectivity index (χ1n) is 24.1. The zero-order valence-corrected chi connectivity index (χ0v) is 38.2. The van der Waals surface area contributed by atoms with Crippen molar-refractivity contribution in [1.29, 1.82) is 0 Å². The van der Waals surface area contributed by atoms with Crippen LogP contribution in [-0.4, -0.2) is 94.8 Å². The van der Waals surface area contributed by atoms with E-state index in [-0.39, 0.29) is 41.8 Å². The van der Waals surface area contributed by atoms with Crippen molar-refractivity contribution in [2.75, 3.05) is 51.1 Å². The Balaban J connectivity index is 0.709. The van der Waals surface area contributed by atoms with Gasteiger partial charge in [0.2, 0.25) is 17.7 Å². The number of carbonyl (C=O) groups excluding carboxylic acids is 4. The Labute approximate surface area is 386 Å². The molecule has 344 valence electrons. The van der Waals surface area contributed by atoms with Gasteiger partial charge in [0.05, 0.1) is 17.1 Å². The molecular weight excluding hydrogens is 829 g/mol. The number of aromatic amines is 1. The summed E-state index contributed by atoms with van der Waals surface area (Å²) in [6, 6.07) is 24.0. The average molecular weight is 891 g/mol. The number of nitrogens with zero attached hydrogens (tertiary/aromatic N) is 3. The maximum Gasteiger partial charge on any atom is 0.327 e. The quantitative estimate of drug-likeness (QED) is 0.0528. The molecule has 13 nitrogen and oxygen atoms in total. The number of unbranched alkanes of at least 4 members (excludes halogenated alkanes) is 1. The highest BCUT2D eigenvalue weighted by Crippen LogP contribution is 2.32. The van der Waals surface area contributed by atoms with Gasteiger partial charge in [-0.05, 0) is 155 Å². The van der Waals surface area contributed by atoms with E-state index < -0.39 is 11.9 Å². The summed E-state index contributed by atoms with van der Waals surface area (Å²) in [4.78, 5) is 71.3. The van der Waals surface area contributed by atoms with E-state index in [9.17, 15) is 24.0 Å². The summed E-state index contributed by atoms with van der Waals surface area (Å²) >= 11 is 0. The molecule has 2 unspecified atom stereocenters. The molecule has 4 aliphatic rings. The van der Waals surface area contributed by atoms with Crippen molar-refractivity contribution in [3.63, 3.8) is 0 Å².